The molecule has 0 bridgehead atoms. The summed E-state index contributed by atoms with van der Waals surface area (Å²) in [4.78, 5) is 0. The monoisotopic (exact) mass is 345 g/mol. The Labute approximate surface area is 122 Å². The Morgan fingerprint density at radius 3 is 2.45 bits per heavy atom. The van der Waals surface area contributed by atoms with E-state index in [1.165, 1.54) is 12.1 Å². The highest BCUT2D eigenvalue weighted by Gasteiger charge is 2.33. The van der Waals surface area contributed by atoms with Gasteiger partial charge < -0.3 is 10.4 Å². The number of alkyl halides is 3. The molecule has 0 aliphatic rings. The van der Waals surface area contributed by atoms with Crippen LogP contribution in [0.2, 0.25) is 0 Å². The van der Waals surface area contributed by atoms with Gasteiger partial charge in [-0.05, 0) is 24.3 Å². The van der Waals surface area contributed by atoms with E-state index in [1.54, 1.807) is 24.3 Å². The number of halogens is 4. The lowest BCUT2D eigenvalue weighted by molar-refractivity contribution is -0.138. The smallest absolute Gasteiger partial charge is 0.417 e. The Hall–Kier alpha value is -1.69. The Morgan fingerprint density at radius 2 is 1.80 bits per heavy atom. The number of aromatic hydroxyl groups is 1. The Morgan fingerprint density at radius 1 is 1.10 bits per heavy atom. The molecule has 0 saturated carbocycles. The van der Waals surface area contributed by atoms with Crippen molar-refractivity contribution >= 4 is 21.6 Å². The maximum atomic E-state index is 12.8. The molecule has 2 rings (SSSR count). The predicted octanol–water partition coefficient (Wildman–Crippen LogP) is 4.79. The van der Waals surface area contributed by atoms with Crippen LogP contribution in [0.25, 0.3) is 0 Å². The quantitative estimate of drug-likeness (QED) is 0.838. The number of hydrogen-bond donors (Lipinski definition) is 2. The van der Waals surface area contributed by atoms with Crippen LogP contribution in [0.5, 0.6) is 5.75 Å². The predicted molar refractivity (Wildman–Crippen MR) is 74.6 cm³/mol. The SMILES string of the molecule is Oc1ccccc1CNc1ccc(Br)c(C(F)(F)F)c1. The van der Waals surface area contributed by atoms with Gasteiger partial charge in [-0.3, -0.25) is 0 Å². The van der Waals surface area contributed by atoms with Crippen LogP contribution in [0.1, 0.15) is 11.1 Å². The number of rotatable bonds is 3. The van der Waals surface area contributed by atoms with Crippen molar-refractivity contribution in [1.29, 1.82) is 0 Å². The molecule has 2 N–H and O–H groups in total. The van der Waals surface area contributed by atoms with E-state index in [9.17, 15) is 18.3 Å². The Balaban J connectivity index is 2.17. The molecule has 0 radical (unpaired) electrons. The minimum Gasteiger partial charge on any atom is -0.508 e. The molecule has 106 valence electrons. The van der Waals surface area contributed by atoms with Crippen molar-refractivity contribution in [3.8, 4) is 5.75 Å². The van der Waals surface area contributed by atoms with Crippen LogP contribution in [-0.4, -0.2) is 5.11 Å². The molecule has 0 heterocycles. The number of phenols is 1. The highest BCUT2D eigenvalue weighted by Crippen LogP contribution is 2.36. The summed E-state index contributed by atoms with van der Waals surface area (Å²) in [5.74, 6) is 0.105. The molecular formula is C14H11BrF3NO. The first kappa shape index (κ1) is 14.7. The second-order valence-corrected chi connectivity index (χ2v) is 5.03. The molecule has 2 aromatic carbocycles. The molecule has 0 atom stereocenters. The fourth-order valence-corrected chi connectivity index (χ4v) is 2.18. The zero-order valence-corrected chi connectivity index (χ0v) is 11.8. The second-order valence-electron chi connectivity index (χ2n) is 4.17. The van der Waals surface area contributed by atoms with E-state index in [0.717, 1.165) is 6.07 Å². The molecular weight excluding hydrogens is 335 g/mol. The standard InChI is InChI=1S/C14H11BrF3NO/c15-12-6-5-10(7-11(12)14(16,17)18)19-8-9-3-1-2-4-13(9)20/h1-7,19-20H,8H2. The van der Waals surface area contributed by atoms with E-state index in [1.807, 2.05) is 0 Å². The summed E-state index contributed by atoms with van der Waals surface area (Å²) in [6.07, 6.45) is -4.41. The van der Waals surface area contributed by atoms with Crippen molar-refractivity contribution in [3.63, 3.8) is 0 Å². The molecule has 0 amide bonds. The molecule has 0 unspecified atom stereocenters. The summed E-state index contributed by atoms with van der Waals surface area (Å²) < 4.78 is 38.3. The average molecular weight is 346 g/mol. The molecule has 0 aliphatic heterocycles. The van der Waals surface area contributed by atoms with Crippen molar-refractivity contribution in [2.75, 3.05) is 5.32 Å². The van der Waals surface area contributed by atoms with Crippen LogP contribution in [0, 0.1) is 0 Å². The first-order valence-corrected chi connectivity index (χ1v) is 6.55. The van der Waals surface area contributed by atoms with Gasteiger partial charge in [0.25, 0.3) is 0 Å². The zero-order chi connectivity index (χ0) is 14.8. The van der Waals surface area contributed by atoms with Crippen LogP contribution in [-0.2, 0) is 12.7 Å². The lowest BCUT2D eigenvalue weighted by Gasteiger charge is -2.13. The number of para-hydroxylation sites is 1. The van der Waals surface area contributed by atoms with Gasteiger partial charge in [-0.15, -0.1) is 0 Å². The average Bonchev–Trinajstić information content (AvgIpc) is 2.38. The van der Waals surface area contributed by atoms with E-state index < -0.39 is 11.7 Å². The lowest BCUT2D eigenvalue weighted by atomic mass is 10.1. The maximum absolute atomic E-state index is 12.8. The number of anilines is 1. The second kappa shape index (κ2) is 5.75. The van der Waals surface area contributed by atoms with Crippen molar-refractivity contribution in [2.24, 2.45) is 0 Å². The van der Waals surface area contributed by atoms with Gasteiger partial charge in [-0.25, -0.2) is 0 Å². The molecule has 20 heavy (non-hydrogen) atoms. The van der Waals surface area contributed by atoms with Crippen LogP contribution >= 0.6 is 15.9 Å². The van der Waals surface area contributed by atoms with Crippen molar-refractivity contribution in [3.05, 3.63) is 58.1 Å². The Kier molecular flexibility index (Phi) is 4.23. The number of hydrogen-bond acceptors (Lipinski definition) is 2. The van der Waals surface area contributed by atoms with E-state index in [-0.39, 0.29) is 16.8 Å². The van der Waals surface area contributed by atoms with Gasteiger partial charge in [-0.1, -0.05) is 34.1 Å². The minimum atomic E-state index is -4.41. The molecule has 0 aromatic heterocycles. The molecule has 0 aliphatic carbocycles. The summed E-state index contributed by atoms with van der Waals surface area (Å²) in [5.41, 5.74) is 0.215. The molecule has 0 fully saturated rings. The van der Waals surface area contributed by atoms with E-state index in [2.05, 4.69) is 21.2 Å². The van der Waals surface area contributed by atoms with Gasteiger partial charge in [0.05, 0.1) is 5.56 Å². The van der Waals surface area contributed by atoms with Crippen LogP contribution in [0.15, 0.2) is 46.9 Å². The molecule has 0 saturated heterocycles. The van der Waals surface area contributed by atoms with Crippen LogP contribution < -0.4 is 5.32 Å². The molecule has 2 aromatic rings. The van der Waals surface area contributed by atoms with Gasteiger partial charge >= 0.3 is 6.18 Å². The summed E-state index contributed by atoms with van der Waals surface area (Å²) in [6, 6.07) is 10.6. The third-order valence-electron chi connectivity index (χ3n) is 2.75. The van der Waals surface area contributed by atoms with Gasteiger partial charge in [-0.2, -0.15) is 13.2 Å². The first-order chi connectivity index (χ1) is 9.38. The highest BCUT2D eigenvalue weighted by atomic mass is 79.9. The van der Waals surface area contributed by atoms with Gasteiger partial charge in [0.2, 0.25) is 0 Å². The zero-order valence-electron chi connectivity index (χ0n) is 10.2. The summed E-state index contributed by atoms with van der Waals surface area (Å²) in [6.45, 7) is 0.242. The number of benzene rings is 2. The van der Waals surface area contributed by atoms with Crippen LogP contribution in [0.3, 0.4) is 0 Å². The molecule has 2 nitrogen and oxygen atoms in total. The first-order valence-electron chi connectivity index (χ1n) is 5.75. The third kappa shape index (κ3) is 3.45. The van der Waals surface area contributed by atoms with Crippen molar-refractivity contribution in [2.45, 2.75) is 12.7 Å². The maximum Gasteiger partial charge on any atom is 0.417 e. The topological polar surface area (TPSA) is 32.3 Å². The highest BCUT2D eigenvalue weighted by molar-refractivity contribution is 9.10. The van der Waals surface area contributed by atoms with Crippen molar-refractivity contribution < 1.29 is 18.3 Å². The lowest BCUT2D eigenvalue weighted by Crippen LogP contribution is -2.07. The van der Waals surface area contributed by atoms with E-state index >= 15 is 0 Å². The number of nitrogens with one attached hydrogen (secondary N) is 1. The molecule has 0 spiro atoms. The van der Waals surface area contributed by atoms with Crippen molar-refractivity contribution in [1.82, 2.24) is 0 Å². The van der Waals surface area contributed by atoms with E-state index in [0.29, 0.717) is 11.3 Å². The number of phenolic OH excluding ortho intramolecular Hbond substituents is 1. The minimum absolute atomic E-state index is 0.00175. The summed E-state index contributed by atoms with van der Waals surface area (Å²) >= 11 is 2.89. The van der Waals surface area contributed by atoms with Crippen LogP contribution in [0.4, 0.5) is 18.9 Å². The largest absolute Gasteiger partial charge is 0.508 e. The van der Waals surface area contributed by atoms with Gasteiger partial charge in [0.15, 0.2) is 0 Å². The van der Waals surface area contributed by atoms with Gasteiger partial charge in [0.1, 0.15) is 5.75 Å². The summed E-state index contributed by atoms with van der Waals surface area (Å²) in [5, 5.41) is 12.4. The fraction of sp³-hybridized carbons (Fsp3) is 0.143. The third-order valence-corrected chi connectivity index (χ3v) is 3.44. The summed E-state index contributed by atoms with van der Waals surface area (Å²) in [7, 11) is 0. The molecule has 6 heteroatoms. The van der Waals surface area contributed by atoms with E-state index in [4.69, 9.17) is 0 Å². The Bertz CT molecular complexity index is 614. The fourth-order valence-electron chi connectivity index (χ4n) is 1.71. The normalized spacial score (nSPS) is 11.4. The van der Waals surface area contributed by atoms with Gasteiger partial charge in [0, 0.05) is 22.3 Å².